The van der Waals surface area contributed by atoms with Crippen molar-refractivity contribution in [2.45, 2.75) is 6.04 Å². The molecule has 0 bridgehead atoms. The summed E-state index contributed by atoms with van der Waals surface area (Å²) in [5, 5.41) is 3.06. The molecule has 3 rings (SSSR count). The number of carbonyl (C=O) groups is 1. The third-order valence-corrected chi connectivity index (χ3v) is 5.92. The number of hydrogen-bond acceptors (Lipinski definition) is 5. The molecule has 0 spiro atoms. The van der Waals surface area contributed by atoms with Crippen molar-refractivity contribution in [2.75, 3.05) is 34.9 Å². The molecule has 1 amide bonds. The van der Waals surface area contributed by atoms with Gasteiger partial charge in [0.25, 0.3) is 5.91 Å². The number of thiophene rings is 1. The second-order valence-electron chi connectivity index (χ2n) is 6.81. The Labute approximate surface area is 175 Å². The first kappa shape index (κ1) is 20.9. The van der Waals surface area contributed by atoms with Crippen LogP contribution in [0, 0.1) is 0 Å². The van der Waals surface area contributed by atoms with E-state index in [0.29, 0.717) is 17.2 Å². The molecule has 1 heterocycles. The highest BCUT2D eigenvalue weighted by molar-refractivity contribution is 7.17. The number of methoxy groups -OCH3 is 2. The van der Waals surface area contributed by atoms with E-state index in [1.54, 1.807) is 14.2 Å². The second-order valence-corrected chi connectivity index (χ2v) is 7.86. The van der Waals surface area contributed by atoms with Crippen molar-refractivity contribution in [2.24, 2.45) is 0 Å². The van der Waals surface area contributed by atoms with E-state index >= 15 is 0 Å². The fourth-order valence-electron chi connectivity index (χ4n) is 3.21. The Kier molecular flexibility index (Phi) is 6.90. The lowest BCUT2D eigenvalue weighted by Gasteiger charge is -2.26. The Hall–Kier alpha value is -2.83. The Balaban J connectivity index is 1.80. The predicted molar refractivity (Wildman–Crippen MR) is 118 cm³/mol. The number of ether oxygens (including phenoxy) is 2. The molecule has 29 heavy (non-hydrogen) atoms. The summed E-state index contributed by atoms with van der Waals surface area (Å²) in [5.74, 6) is 1.25. The van der Waals surface area contributed by atoms with Crippen LogP contribution in [0.2, 0.25) is 0 Å². The average Bonchev–Trinajstić information content (AvgIpc) is 3.19. The van der Waals surface area contributed by atoms with Gasteiger partial charge in [0.15, 0.2) is 0 Å². The summed E-state index contributed by atoms with van der Waals surface area (Å²) in [6.07, 6.45) is 0. The number of likely N-dealkylation sites (N-methyl/N-ethyl adjacent to an activating group) is 1. The van der Waals surface area contributed by atoms with Crippen molar-refractivity contribution in [1.82, 2.24) is 10.2 Å². The molecule has 0 aliphatic heterocycles. The Morgan fingerprint density at radius 3 is 2.31 bits per heavy atom. The molecule has 1 atom stereocenters. The predicted octanol–water partition coefficient (Wildman–Crippen LogP) is 4.47. The summed E-state index contributed by atoms with van der Waals surface area (Å²) in [7, 11) is 7.22. The van der Waals surface area contributed by atoms with E-state index in [0.717, 1.165) is 21.8 Å². The smallest absolute Gasteiger partial charge is 0.265 e. The first-order valence-corrected chi connectivity index (χ1v) is 10.2. The number of carbonyl (C=O) groups excluding carboxylic acids is 1. The minimum absolute atomic E-state index is 0.0188. The summed E-state index contributed by atoms with van der Waals surface area (Å²) in [6.45, 7) is 0.452. The van der Waals surface area contributed by atoms with E-state index < -0.39 is 0 Å². The lowest BCUT2D eigenvalue weighted by atomic mass is 10.0. The second kappa shape index (κ2) is 9.58. The minimum atomic E-state index is -0.143. The van der Waals surface area contributed by atoms with Crippen LogP contribution in [0.5, 0.6) is 11.5 Å². The Bertz CT molecular complexity index is 954. The zero-order valence-corrected chi connectivity index (χ0v) is 18.0. The maximum atomic E-state index is 13.0. The molecule has 2 aromatic carbocycles. The third-order valence-electron chi connectivity index (χ3n) is 4.76. The number of amides is 1. The highest BCUT2D eigenvalue weighted by atomic mass is 32.1. The molecule has 0 fully saturated rings. The molecule has 0 saturated heterocycles. The van der Waals surface area contributed by atoms with E-state index in [1.165, 1.54) is 11.3 Å². The number of benzene rings is 2. The molecule has 1 aromatic heterocycles. The van der Waals surface area contributed by atoms with Crippen molar-refractivity contribution in [3.8, 4) is 21.9 Å². The van der Waals surface area contributed by atoms with E-state index in [4.69, 9.17) is 9.47 Å². The summed E-state index contributed by atoms with van der Waals surface area (Å²) >= 11 is 1.43. The van der Waals surface area contributed by atoms with Gasteiger partial charge in [0.1, 0.15) is 16.4 Å². The molecule has 0 saturated carbocycles. The molecule has 0 radical (unpaired) electrons. The number of hydrogen-bond donors (Lipinski definition) is 1. The molecule has 1 unspecified atom stereocenters. The summed E-state index contributed by atoms with van der Waals surface area (Å²) < 4.78 is 11.0. The van der Waals surface area contributed by atoms with E-state index in [1.807, 2.05) is 74.8 Å². The molecular weight excluding hydrogens is 384 g/mol. The molecule has 152 valence electrons. The van der Waals surface area contributed by atoms with Crippen LogP contribution >= 0.6 is 11.3 Å². The summed E-state index contributed by atoms with van der Waals surface area (Å²) in [6, 6.07) is 19.8. The number of nitrogens with one attached hydrogen (secondary N) is 1. The highest BCUT2D eigenvalue weighted by Gasteiger charge is 2.22. The number of para-hydroxylation sites is 1. The molecule has 3 aromatic rings. The minimum Gasteiger partial charge on any atom is -0.496 e. The van der Waals surface area contributed by atoms with Crippen molar-refractivity contribution in [3.05, 3.63) is 71.1 Å². The normalized spacial score (nSPS) is 11.9. The largest absolute Gasteiger partial charge is 0.496 e. The van der Waals surface area contributed by atoms with Gasteiger partial charge in [-0.25, -0.2) is 0 Å². The van der Waals surface area contributed by atoms with Crippen molar-refractivity contribution >= 4 is 17.2 Å². The van der Waals surface area contributed by atoms with Gasteiger partial charge >= 0.3 is 0 Å². The van der Waals surface area contributed by atoms with Gasteiger partial charge in [-0.05, 0) is 31.8 Å². The van der Waals surface area contributed by atoms with E-state index in [9.17, 15) is 4.79 Å². The van der Waals surface area contributed by atoms with Crippen LogP contribution in [0.3, 0.4) is 0 Å². The van der Waals surface area contributed by atoms with Crippen molar-refractivity contribution < 1.29 is 14.3 Å². The Morgan fingerprint density at radius 2 is 1.66 bits per heavy atom. The molecule has 0 aliphatic carbocycles. The SMILES string of the molecule is COc1ccccc1C(CNC(=O)c1sc(-c2ccccc2)cc1OC)N(C)C. The van der Waals surface area contributed by atoms with Crippen molar-refractivity contribution in [1.29, 1.82) is 0 Å². The first-order valence-electron chi connectivity index (χ1n) is 9.36. The molecule has 0 aliphatic rings. The van der Waals surface area contributed by atoms with Crippen molar-refractivity contribution in [3.63, 3.8) is 0 Å². The zero-order valence-electron chi connectivity index (χ0n) is 17.1. The quantitative estimate of drug-likeness (QED) is 0.596. The topological polar surface area (TPSA) is 50.8 Å². The molecule has 1 N–H and O–H groups in total. The highest BCUT2D eigenvalue weighted by Crippen LogP contribution is 2.36. The van der Waals surface area contributed by atoms with Crippen LogP contribution in [-0.4, -0.2) is 45.7 Å². The lowest BCUT2D eigenvalue weighted by molar-refractivity contribution is 0.0943. The van der Waals surface area contributed by atoms with Gasteiger partial charge in [-0.3, -0.25) is 4.79 Å². The molecule has 5 nitrogen and oxygen atoms in total. The van der Waals surface area contributed by atoms with Crippen LogP contribution in [0.15, 0.2) is 60.7 Å². The third kappa shape index (κ3) is 4.78. The van der Waals surface area contributed by atoms with Gasteiger partial charge in [-0.15, -0.1) is 11.3 Å². The maximum absolute atomic E-state index is 13.0. The van der Waals surface area contributed by atoms with Crippen LogP contribution in [-0.2, 0) is 0 Å². The van der Waals surface area contributed by atoms with Gasteiger partial charge in [0.05, 0.1) is 20.3 Å². The first-order chi connectivity index (χ1) is 14.0. The van der Waals surface area contributed by atoms with Gasteiger partial charge in [0, 0.05) is 17.0 Å². The monoisotopic (exact) mass is 410 g/mol. The van der Waals surface area contributed by atoms with Gasteiger partial charge < -0.3 is 19.7 Å². The van der Waals surface area contributed by atoms with E-state index in [-0.39, 0.29) is 11.9 Å². The number of nitrogens with zero attached hydrogens (tertiary/aromatic N) is 1. The van der Waals surface area contributed by atoms with Crippen LogP contribution < -0.4 is 14.8 Å². The fraction of sp³-hybridized carbons (Fsp3) is 0.261. The van der Waals surface area contributed by atoms with Gasteiger partial charge in [0.2, 0.25) is 0 Å². The Morgan fingerprint density at radius 1 is 1.00 bits per heavy atom. The van der Waals surface area contributed by atoms with Crippen LogP contribution in [0.4, 0.5) is 0 Å². The fourth-order valence-corrected chi connectivity index (χ4v) is 4.26. The lowest BCUT2D eigenvalue weighted by Crippen LogP contribution is -2.34. The van der Waals surface area contributed by atoms with E-state index in [2.05, 4.69) is 10.2 Å². The number of rotatable bonds is 8. The van der Waals surface area contributed by atoms with Crippen LogP contribution in [0.25, 0.3) is 10.4 Å². The summed E-state index contributed by atoms with van der Waals surface area (Å²) in [4.78, 5) is 16.6. The van der Waals surface area contributed by atoms with Crippen LogP contribution in [0.1, 0.15) is 21.3 Å². The average molecular weight is 411 g/mol. The summed E-state index contributed by atoms with van der Waals surface area (Å²) in [5.41, 5.74) is 2.10. The van der Waals surface area contributed by atoms with Gasteiger partial charge in [-0.1, -0.05) is 48.5 Å². The molecular formula is C23H26N2O3S. The standard InChI is InChI=1S/C23H26N2O3S/c1-25(2)18(17-12-8-9-13-19(17)27-3)15-24-23(26)22-20(28-4)14-21(29-22)16-10-6-5-7-11-16/h5-14,18H,15H2,1-4H3,(H,24,26). The van der Waals surface area contributed by atoms with Gasteiger partial charge in [-0.2, -0.15) is 0 Å². The maximum Gasteiger partial charge on any atom is 0.265 e. The molecule has 6 heteroatoms. The zero-order chi connectivity index (χ0) is 20.8.